The molecule has 5 nitrogen and oxygen atoms in total. The Bertz CT molecular complexity index is 922. The molecule has 3 aromatic rings. The number of nitrogens with one attached hydrogen (secondary N) is 2. The molecule has 2 aromatic heterocycles. The van der Waals surface area contributed by atoms with Crippen LogP contribution in [-0.2, 0) is 6.18 Å². The van der Waals surface area contributed by atoms with Gasteiger partial charge in [0.25, 0.3) is 5.56 Å². The lowest BCUT2D eigenvalue weighted by Crippen LogP contribution is -2.10. The first-order valence-electron chi connectivity index (χ1n) is 6.33. The second-order valence-corrected chi connectivity index (χ2v) is 5.01. The molecule has 0 aliphatic rings. The molecule has 2 heterocycles. The Hall–Kier alpha value is -2.61. The molecule has 0 aliphatic heterocycles. The maximum absolute atomic E-state index is 12.6. The maximum atomic E-state index is 12.6. The van der Waals surface area contributed by atoms with Crippen molar-refractivity contribution in [2.75, 3.05) is 5.32 Å². The zero-order valence-corrected chi connectivity index (χ0v) is 12.0. The molecule has 0 amide bonds. The van der Waals surface area contributed by atoms with E-state index in [9.17, 15) is 18.0 Å². The molecule has 1 aromatic carbocycles. The molecule has 0 fully saturated rings. The van der Waals surface area contributed by atoms with Crippen LogP contribution in [0.5, 0.6) is 0 Å². The highest BCUT2D eigenvalue weighted by molar-refractivity contribution is 6.30. The lowest BCUT2D eigenvalue weighted by Gasteiger charge is -2.10. The summed E-state index contributed by atoms with van der Waals surface area (Å²) in [5.74, 6) is 0.113. The van der Waals surface area contributed by atoms with Crippen LogP contribution < -0.4 is 10.9 Å². The minimum absolute atomic E-state index is 0.102. The first-order chi connectivity index (χ1) is 10.8. The van der Waals surface area contributed by atoms with Crippen molar-refractivity contribution in [2.45, 2.75) is 6.18 Å². The normalized spacial score (nSPS) is 11.7. The monoisotopic (exact) mass is 340 g/mol. The lowest BCUT2D eigenvalue weighted by molar-refractivity contribution is -0.137. The summed E-state index contributed by atoms with van der Waals surface area (Å²) >= 11 is 5.88. The van der Waals surface area contributed by atoms with Crippen molar-refractivity contribution in [3.8, 4) is 0 Å². The quantitative estimate of drug-likeness (QED) is 0.697. The van der Waals surface area contributed by atoms with E-state index in [0.29, 0.717) is 11.2 Å². The van der Waals surface area contributed by atoms with Crippen molar-refractivity contribution in [2.24, 2.45) is 0 Å². The minimum atomic E-state index is -4.42. The SMILES string of the molecule is O=c1[nH]cnc2cc(Cl)nc(Nc3ccc(C(F)(F)F)cc3)c12. The van der Waals surface area contributed by atoms with E-state index in [1.54, 1.807) is 0 Å². The number of aromatic nitrogens is 3. The van der Waals surface area contributed by atoms with Crippen LogP contribution in [0, 0.1) is 0 Å². The fourth-order valence-corrected chi connectivity index (χ4v) is 2.22. The number of H-pyrrole nitrogens is 1. The molecule has 0 atom stereocenters. The predicted molar refractivity (Wildman–Crippen MR) is 79.9 cm³/mol. The number of pyridine rings is 1. The highest BCUT2D eigenvalue weighted by atomic mass is 35.5. The molecule has 118 valence electrons. The molecule has 0 saturated carbocycles. The van der Waals surface area contributed by atoms with E-state index in [2.05, 4.69) is 20.3 Å². The minimum Gasteiger partial charge on any atom is -0.339 e. The van der Waals surface area contributed by atoms with Gasteiger partial charge in [-0.1, -0.05) is 11.6 Å². The van der Waals surface area contributed by atoms with E-state index in [4.69, 9.17) is 11.6 Å². The van der Waals surface area contributed by atoms with Gasteiger partial charge in [-0.2, -0.15) is 13.2 Å². The summed E-state index contributed by atoms with van der Waals surface area (Å²) in [6.45, 7) is 0. The van der Waals surface area contributed by atoms with E-state index in [0.717, 1.165) is 12.1 Å². The van der Waals surface area contributed by atoms with Gasteiger partial charge in [-0.05, 0) is 24.3 Å². The third kappa shape index (κ3) is 3.11. The third-order valence-corrected chi connectivity index (χ3v) is 3.26. The fourth-order valence-electron chi connectivity index (χ4n) is 2.03. The van der Waals surface area contributed by atoms with Crippen molar-refractivity contribution in [3.63, 3.8) is 0 Å². The van der Waals surface area contributed by atoms with Gasteiger partial charge in [0.1, 0.15) is 16.4 Å². The first kappa shape index (κ1) is 15.3. The number of aromatic amines is 1. The van der Waals surface area contributed by atoms with Gasteiger partial charge < -0.3 is 10.3 Å². The van der Waals surface area contributed by atoms with E-state index in [-0.39, 0.29) is 16.4 Å². The molecule has 0 radical (unpaired) electrons. The number of hydrogen-bond acceptors (Lipinski definition) is 4. The summed E-state index contributed by atoms with van der Waals surface area (Å²) in [6, 6.07) is 5.75. The molecule has 2 N–H and O–H groups in total. The van der Waals surface area contributed by atoms with Gasteiger partial charge in [0.15, 0.2) is 0 Å². The Labute approximate surface area is 132 Å². The second kappa shape index (κ2) is 5.54. The van der Waals surface area contributed by atoms with Crippen LogP contribution in [0.1, 0.15) is 5.56 Å². The average Bonchev–Trinajstić information content (AvgIpc) is 2.46. The molecule has 9 heteroatoms. The van der Waals surface area contributed by atoms with E-state index < -0.39 is 17.3 Å². The number of nitrogens with zero attached hydrogens (tertiary/aromatic N) is 2. The molecule has 0 unspecified atom stereocenters. The standard InChI is InChI=1S/C14H8ClF3N4O/c15-10-5-9-11(13(23)20-6-19-9)12(22-10)21-8-3-1-7(2-4-8)14(16,17)18/h1-6H,(H,21,22)(H,19,20,23). The van der Waals surface area contributed by atoms with Crippen LogP contribution in [0.2, 0.25) is 5.15 Å². The van der Waals surface area contributed by atoms with Gasteiger partial charge in [0.2, 0.25) is 0 Å². The van der Waals surface area contributed by atoms with Crippen molar-refractivity contribution in [1.82, 2.24) is 15.0 Å². The van der Waals surface area contributed by atoms with Gasteiger partial charge in [-0.25, -0.2) is 9.97 Å². The highest BCUT2D eigenvalue weighted by Crippen LogP contribution is 2.31. The topological polar surface area (TPSA) is 70.7 Å². The van der Waals surface area contributed by atoms with Crippen molar-refractivity contribution in [3.05, 3.63) is 57.7 Å². The number of halogens is 4. The van der Waals surface area contributed by atoms with E-state index >= 15 is 0 Å². The highest BCUT2D eigenvalue weighted by Gasteiger charge is 2.29. The van der Waals surface area contributed by atoms with Crippen LogP contribution in [0.4, 0.5) is 24.7 Å². The number of rotatable bonds is 2. The largest absolute Gasteiger partial charge is 0.416 e. The Kier molecular flexibility index (Phi) is 3.69. The van der Waals surface area contributed by atoms with Crippen molar-refractivity contribution in [1.29, 1.82) is 0 Å². The summed E-state index contributed by atoms with van der Waals surface area (Å²) in [5, 5.41) is 3.05. The van der Waals surface area contributed by atoms with Crippen LogP contribution >= 0.6 is 11.6 Å². The van der Waals surface area contributed by atoms with Gasteiger partial charge >= 0.3 is 6.18 Å². The van der Waals surface area contributed by atoms with Crippen LogP contribution in [-0.4, -0.2) is 15.0 Å². The molecular weight excluding hydrogens is 333 g/mol. The third-order valence-electron chi connectivity index (χ3n) is 3.07. The van der Waals surface area contributed by atoms with Gasteiger partial charge in [0, 0.05) is 11.8 Å². The molecule has 0 aliphatic carbocycles. The Morgan fingerprint density at radius 3 is 2.52 bits per heavy atom. The van der Waals surface area contributed by atoms with Crippen molar-refractivity contribution < 1.29 is 13.2 Å². The summed E-state index contributed by atoms with van der Waals surface area (Å²) in [6.07, 6.45) is -3.19. The Morgan fingerprint density at radius 2 is 1.87 bits per heavy atom. The van der Waals surface area contributed by atoms with Crippen LogP contribution in [0.3, 0.4) is 0 Å². The molecule has 0 bridgehead atoms. The summed E-state index contributed by atoms with van der Waals surface area (Å²) < 4.78 is 37.7. The second-order valence-electron chi connectivity index (χ2n) is 4.62. The molecule has 23 heavy (non-hydrogen) atoms. The molecule has 0 saturated heterocycles. The van der Waals surface area contributed by atoms with Gasteiger partial charge in [-0.3, -0.25) is 4.79 Å². The summed E-state index contributed by atoms with van der Waals surface area (Å²) in [4.78, 5) is 22.3. The van der Waals surface area contributed by atoms with E-state index in [1.807, 2.05) is 0 Å². The van der Waals surface area contributed by atoms with E-state index in [1.165, 1.54) is 24.5 Å². The fraction of sp³-hybridized carbons (Fsp3) is 0.0714. The Morgan fingerprint density at radius 1 is 1.17 bits per heavy atom. The number of alkyl halides is 3. The first-order valence-corrected chi connectivity index (χ1v) is 6.70. The number of benzene rings is 1. The molecule has 0 spiro atoms. The predicted octanol–water partition coefficient (Wildman–Crippen LogP) is 3.73. The molecule has 3 rings (SSSR count). The lowest BCUT2D eigenvalue weighted by atomic mass is 10.2. The zero-order chi connectivity index (χ0) is 16.6. The maximum Gasteiger partial charge on any atom is 0.416 e. The van der Waals surface area contributed by atoms with Crippen LogP contribution in [0.25, 0.3) is 10.9 Å². The molecular formula is C14H8ClF3N4O. The van der Waals surface area contributed by atoms with Gasteiger partial charge in [-0.15, -0.1) is 0 Å². The number of anilines is 2. The number of fused-ring (bicyclic) bond motifs is 1. The van der Waals surface area contributed by atoms with Crippen LogP contribution in [0.15, 0.2) is 41.5 Å². The Balaban J connectivity index is 2.03. The smallest absolute Gasteiger partial charge is 0.339 e. The summed E-state index contributed by atoms with van der Waals surface area (Å²) in [5.41, 5.74) is -0.555. The summed E-state index contributed by atoms with van der Waals surface area (Å²) in [7, 11) is 0. The number of hydrogen-bond donors (Lipinski definition) is 2. The zero-order valence-electron chi connectivity index (χ0n) is 11.3. The average molecular weight is 341 g/mol. The van der Waals surface area contributed by atoms with Crippen molar-refractivity contribution >= 4 is 34.0 Å². The van der Waals surface area contributed by atoms with Gasteiger partial charge in [0.05, 0.1) is 17.4 Å².